The van der Waals surface area contributed by atoms with Gasteiger partial charge < -0.3 is 14.8 Å². The summed E-state index contributed by atoms with van der Waals surface area (Å²) in [6, 6.07) is 4.34. The van der Waals surface area contributed by atoms with Crippen molar-refractivity contribution in [2.24, 2.45) is 5.92 Å². The van der Waals surface area contributed by atoms with Crippen molar-refractivity contribution in [3.8, 4) is 0 Å². The second kappa shape index (κ2) is 9.33. The Bertz CT molecular complexity index is 754. The maximum absolute atomic E-state index is 11.9. The molecular formula is C17H23NO7S. The van der Waals surface area contributed by atoms with Crippen LogP contribution in [0.15, 0.2) is 29.2 Å². The van der Waals surface area contributed by atoms with Gasteiger partial charge >= 0.3 is 11.9 Å². The average Bonchev–Trinajstić information content (AvgIpc) is 2.57. The normalized spacial score (nSPS) is 12.3. The summed E-state index contributed by atoms with van der Waals surface area (Å²) in [5.74, 6) is -1.84. The number of esters is 2. The molecule has 0 heterocycles. The van der Waals surface area contributed by atoms with E-state index in [9.17, 15) is 22.8 Å². The average molecular weight is 385 g/mol. The highest BCUT2D eigenvalue weighted by molar-refractivity contribution is 7.90. The van der Waals surface area contributed by atoms with Crippen LogP contribution in [0.4, 0.5) is 0 Å². The molecule has 8 nitrogen and oxygen atoms in total. The SMILES string of the molecule is COC(=O)[C@@H](CC(C)C)NC(=O)COC(=O)c1ccc(S(C)(=O)=O)cc1. The number of ether oxygens (including phenoxy) is 2. The summed E-state index contributed by atoms with van der Waals surface area (Å²) in [6.45, 7) is 3.21. The van der Waals surface area contributed by atoms with Gasteiger partial charge in [-0.3, -0.25) is 4.79 Å². The standard InChI is InChI=1S/C17H23NO7S/c1-11(2)9-14(17(21)24-3)18-15(19)10-25-16(20)12-5-7-13(8-6-12)26(4,22)23/h5-8,11,14H,9-10H2,1-4H3,(H,18,19)/t14-/m1/s1. The van der Waals surface area contributed by atoms with E-state index in [4.69, 9.17) is 4.74 Å². The van der Waals surface area contributed by atoms with Crippen LogP contribution in [0.3, 0.4) is 0 Å². The molecule has 1 N–H and O–H groups in total. The van der Waals surface area contributed by atoms with Gasteiger partial charge in [-0.2, -0.15) is 0 Å². The molecule has 1 aromatic carbocycles. The second-order valence-electron chi connectivity index (χ2n) is 6.15. The molecule has 0 saturated carbocycles. The highest BCUT2D eigenvalue weighted by Crippen LogP contribution is 2.11. The van der Waals surface area contributed by atoms with Gasteiger partial charge in [0.1, 0.15) is 6.04 Å². The molecule has 1 atom stereocenters. The van der Waals surface area contributed by atoms with Gasteiger partial charge in [0.15, 0.2) is 16.4 Å². The summed E-state index contributed by atoms with van der Waals surface area (Å²) in [4.78, 5) is 35.6. The Morgan fingerprint density at radius 3 is 2.15 bits per heavy atom. The Hall–Kier alpha value is -2.42. The first-order chi connectivity index (χ1) is 12.0. The molecule has 0 spiro atoms. The molecule has 0 radical (unpaired) electrons. The first-order valence-corrected chi connectivity index (χ1v) is 9.78. The van der Waals surface area contributed by atoms with Crippen LogP contribution in [-0.2, 0) is 28.9 Å². The minimum Gasteiger partial charge on any atom is -0.467 e. The van der Waals surface area contributed by atoms with Gasteiger partial charge in [-0.05, 0) is 36.6 Å². The van der Waals surface area contributed by atoms with Gasteiger partial charge in [-0.1, -0.05) is 13.8 Å². The van der Waals surface area contributed by atoms with Gasteiger partial charge in [-0.15, -0.1) is 0 Å². The molecule has 1 aromatic rings. The van der Waals surface area contributed by atoms with Crippen LogP contribution in [0.1, 0.15) is 30.6 Å². The van der Waals surface area contributed by atoms with Crippen LogP contribution in [0.2, 0.25) is 0 Å². The molecule has 0 aromatic heterocycles. The molecule has 26 heavy (non-hydrogen) atoms. The van der Waals surface area contributed by atoms with E-state index in [1.807, 2.05) is 13.8 Å². The summed E-state index contributed by atoms with van der Waals surface area (Å²) in [7, 11) is -2.14. The van der Waals surface area contributed by atoms with E-state index in [0.717, 1.165) is 6.26 Å². The molecule has 1 rings (SSSR count). The van der Waals surface area contributed by atoms with Crippen molar-refractivity contribution in [3.05, 3.63) is 29.8 Å². The maximum Gasteiger partial charge on any atom is 0.338 e. The van der Waals surface area contributed by atoms with Gasteiger partial charge in [-0.25, -0.2) is 18.0 Å². The lowest BCUT2D eigenvalue weighted by Crippen LogP contribution is -2.44. The number of benzene rings is 1. The Labute approximate surface area is 152 Å². The molecule has 0 unspecified atom stereocenters. The van der Waals surface area contributed by atoms with Crippen LogP contribution in [0.5, 0.6) is 0 Å². The lowest BCUT2D eigenvalue weighted by Gasteiger charge is -2.18. The third-order valence-corrected chi connectivity index (χ3v) is 4.51. The zero-order chi connectivity index (χ0) is 19.9. The monoisotopic (exact) mass is 385 g/mol. The summed E-state index contributed by atoms with van der Waals surface area (Å²) in [5.41, 5.74) is 0.108. The number of hydrogen-bond acceptors (Lipinski definition) is 7. The number of hydrogen-bond donors (Lipinski definition) is 1. The lowest BCUT2D eigenvalue weighted by atomic mass is 10.0. The molecule has 0 aliphatic rings. The largest absolute Gasteiger partial charge is 0.467 e. The van der Waals surface area contributed by atoms with Crippen molar-refractivity contribution < 1.29 is 32.3 Å². The summed E-state index contributed by atoms with van der Waals surface area (Å²) < 4.78 is 32.3. The summed E-state index contributed by atoms with van der Waals surface area (Å²) >= 11 is 0. The fraction of sp³-hybridized carbons (Fsp3) is 0.471. The Kier molecular flexibility index (Phi) is 7.76. The van der Waals surface area contributed by atoms with E-state index in [0.29, 0.717) is 6.42 Å². The number of carbonyl (C=O) groups is 3. The zero-order valence-electron chi connectivity index (χ0n) is 15.1. The van der Waals surface area contributed by atoms with Crippen molar-refractivity contribution in [2.75, 3.05) is 20.0 Å². The predicted octanol–water partition coefficient (Wildman–Crippen LogP) is 0.951. The van der Waals surface area contributed by atoms with E-state index in [1.54, 1.807) is 0 Å². The van der Waals surface area contributed by atoms with Crippen molar-refractivity contribution in [2.45, 2.75) is 31.2 Å². The molecule has 9 heteroatoms. The van der Waals surface area contributed by atoms with Crippen LogP contribution < -0.4 is 5.32 Å². The summed E-state index contributed by atoms with van der Waals surface area (Å²) in [6.07, 6.45) is 1.44. The second-order valence-corrected chi connectivity index (χ2v) is 8.16. The quantitative estimate of drug-likeness (QED) is 0.662. The molecule has 0 saturated heterocycles. The summed E-state index contributed by atoms with van der Waals surface area (Å²) in [5, 5.41) is 2.46. The fourth-order valence-electron chi connectivity index (χ4n) is 2.12. The van der Waals surface area contributed by atoms with Crippen LogP contribution in [0.25, 0.3) is 0 Å². The molecular weight excluding hydrogens is 362 g/mol. The Morgan fingerprint density at radius 2 is 1.69 bits per heavy atom. The molecule has 1 amide bonds. The van der Waals surface area contributed by atoms with Gasteiger partial charge in [0.2, 0.25) is 0 Å². The van der Waals surface area contributed by atoms with E-state index in [1.165, 1.54) is 31.4 Å². The number of carbonyl (C=O) groups excluding carboxylic acids is 3. The predicted molar refractivity (Wildman–Crippen MR) is 93.2 cm³/mol. The van der Waals surface area contributed by atoms with E-state index in [-0.39, 0.29) is 16.4 Å². The number of amides is 1. The maximum atomic E-state index is 11.9. The third kappa shape index (κ3) is 6.83. The number of methoxy groups -OCH3 is 1. The molecule has 0 aliphatic carbocycles. The minimum atomic E-state index is -3.37. The highest BCUT2D eigenvalue weighted by Gasteiger charge is 2.23. The number of nitrogens with one attached hydrogen (secondary N) is 1. The zero-order valence-corrected chi connectivity index (χ0v) is 16.0. The number of rotatable bonds is 8. The van der Waals surface area contributed by atoms with Crippen molar-refractivity contribution in [3.63, 3.8) is 0 Å². The molecule has 144 valence electrons. The molecule has 0 fully saturated rings. The van der Waals surface area contributed by atoms with Crippen molar-refractivity contribution in [1.29, 1.82) is 0 Å². The third-order valence-electron chi connectivity index (χ3n) is 3.38. The lowest BCUT2D eigenvalue weighted by molar-refractivity contribution is -0.145. The number of sulfone groups is 1. The first kappa shape index (κ1) is 21.6. The smallest absolute Gasteiger partial charge is 0.338 e. The fourth-order valence-corrected chi connectivity index (χ4v) is 2.75. The first-order valence-electron chi connectivity index (χ1n) is 7.89. The van der Waals surface area contributed by atoms with Gasteiger partial charge in [0.25, 0.3) is 5.91 Å². The van der Waals surface area contributed by atoms with Crippen molar-refractivity contribution in [1.82, 2.24) is 5.32 Å². The van der Waals surface area contributed by atoms with E-state index < -0.39 is 40.3 Å². The van der Waals surface area contributed by atoms with Crippen LogP contribution in [0, 0.1) is 5.92 Å². The van der Waals surface area contributed by atoms with Crippen molar-refractivity contribution >= 4 is 27.7 Å². The van der Waals surface area contributed by atoms with E-state index >= 15 is 0 Å². The van der Waals surface area contributed by atoms with Gasteiger partial charge in [0.05, 0.1) is 17.6 Å². The highest BCUT2D eigenvalue weighted by atomic mass is 32.2. The minimum absolute atomic E-state index is 0.0707. The van der Waals surface area contributed by atoms with E-state index in [2.05, 4.69) is 10.1 Å². The topological polar surface area (TPSA) is 116 Å². The van der Waals surface area contributed by atoms with Crippen LogP contribution in [-0.4, -0.2) is 52.3 Å². The molecule has 0 aliphatic heterocycles. The molecule has 0 bridgehead atoms. The van der Waals surface area contributed by atoms with Gasteiger partial charge in [0, 0.05) is 6.26 Å². The Morgan fingerprint density at radius 1 is 1.12 bits per heavy atom. The van der Waals surface area contributed by atoms with Crippen LogP contribution >= 0.6 is 0 Å². The Balaban J connectivity index is 2.63.